The molecular weight excluding hydrogens is 350 g/mol. The molecule has 8 heteroatoms. The Labute approximate surface area is 156 Å². The van der Waals surface area contributed by atoms with Gasteiger partial charge >= 0.3 is 5.97 Å². The normalized spacial score (nSPS) is 21.9. The Balaban J connectivity index is 2.09. The molecule has 27 heavy (non-hydrogen) atoms. The molecule has 0 bridgehead atoms. The highest BCUT2D eigenvalue weighted by molar-refractivity contribution is 6.39. The summed E-state index contributed by atoms with van der Waals surface area (Å²) in [4.78, 5) is 51.4. The number of nitrogens with zero attached hydrogens (tertiary/aromatic N) is 3. The lowest BCUT2D eigenvalue weighted by Crippen LogP contribution is -2.51. The number of amides is 3. The third-order valence-corrected chi connectivity index (χ3v) is 4.96. The summed E-state index contributed by atoms with van der Waals surface area (Å²) >= 11 is 0. The van der Waals surface area contributed by atoms with Crippen LogP contribution in [0.5, 0.6) is 0 Å². The summed E-state index contributed by atoms with van der Waals surface area (Å²) in [7, 11) is 1.20. The summed E-state index contributed by atoms with van der Waals surface area (Å²) in [6.45, 7) is 6.83. The van der Waals surface area contributed by atoms with Crippen LogP contribution in [-0.2, 0) is 23.9 Å². The van der Waals surface area contributed by atoms with Gasteiger partial charge in [0, 0.05) is 13.3 Å². The number of anilines is 1. The molecule has 0 unspecified atom stereocenters. The Morgan fingerprint density at radius 2 is 1.70 bits per heavy atom. The summed E-state index contributed by atoms with van der Waals surface area (Å²) in [6.07, 6.45) is -0.382. The summed E-state index contributed by atoms with van der Waals surface area (Å²) in [5.41, 5.74) is 1.54. The zero-order chi connectivity index (χ0) is 20.1. The average molecular weight is 371 g/mol. The Morgan fingerprint density at radius 1 is 1.11 bits per heavy atom. The maximum absolute atomic E-state index is 13.4. The van der Waals surface area contributed by atoms with E-state index in [4.69, 9.17) is 0 Å². The van der Waals surface area contributed by atoms with Crippen molar-refractivity contribution in [3.63, 3.8) is 0 Å². The molecule has 2 heterocycles. The van der Waals surface area contributed by atoms with Gasteiger partial charge in [0.05, 0.1) is 19.2 Å². The molecule has 1 aromatic rings. The molecule has 1 aromatic carbocycles. The number of ether oxygens (including phenoxy) is 1. The first kappa shape index (κ1) is 18.8. The highest BCUT2D eigenvalue weighted by Gasteiger charge is 2.61. The third kappa shape index (κ3) is 2.72. The SMILES string of the molecule is COC(=O)C1=NN(C(C)=O)[C@@]2(CC(=O)N(c3c(C)cc(C)cc3C)C2=O)C1. The number of carbonyl (C=O) groups is 4. The molecule has 0 aliphatic carbocycles. The van der Waals surface area contributed by atoms with E-state index in [0.717, 1.165) is 26.6 Å². The molecule has 8 nitrogen and oxygen atoms in total. The van der Waals surface area contributed by atoms with Crippen molar-refractivity contribution in [2.24, 2.45) is 5.10 Å². The summed E-state index contributed by atoms with van der Waals surface area (Å²) < 4.78 is 4.67. The van der Waals surface area contributed by atoms with Crippen molar-refractivity contribution in [1.82, 2.24) is 5.01 Å². The van der Waals surface area contributed by atoms with Gasteiger partial charge in [-0.05, 0) is 31.9 Å². The second kappa shape index (κ2) is 6.29. The second-order valence-electron chi connectivity index (χ2n) is 7.04. The highest BCUT2D eigenvalue weighted by Crippen LogP contribution is 2.42. The van der Waals surface area contributed by atoms with Crippen LogP contribution in [0.2, 0.25) is 0 Å². The fraction of sp³-hybridized carbons (Fsp3) is 0.421. The first-order valence-corrected chi connectivity index (χ1v) is 8.54. The zero-order valence-electron chi connectivity index (χ0n) is 16.0. The van der Waals surface area contributed by atoms with Gasteiger partial charge in [-0.1, -0.05) is 17.7 Å². The van der Waals surface area contributed by atoms with Crippen LogP contribution in [0.25, 0.3) is 0 Å². The molecule has 1 atom stereocenters. The van der Waals surface area contributed by atoms with E-state index in [-0.39, 0.29) is 18.6 Å². The van der Waals surface area contributed by atoms with Gasteiger partial charge in [0.25, 0.3) is 5.91 Å². The number of benzene rings is 1. The number of hydrogen-bond donors (Lipinski definition) is 0. The van der Waals surface area contributed by atoms with Crippen LogP contribution in [0.4, 0.5) is 5.69 Å². The van der Waals surface area contributed by atoms with Crippen LogP contribution >= 0.6 is 0 Å². The minimum absolute atomic E-state index is 0.0481. The van der Waals surface area contributed by atoms with Gasteiger partial charge in [0.2, 0.25) is 11.8 Å². The van der Waals surface area contributed by atoms with E-state index < -0.39 is 29.2 Å². The van der Waals surface area contributed by atoms with Crippen molar-refractivity contribution in [2.45, 2.75) is 46.1 Å². The maximum atomic E-state index is 13.4. The minimum atomic E-state index is -1.52. The van der Waals surface area contributed by atoms with E-state index in [1.807, 2.05) is 32.9 Å². The molecule has 0 N–H and O–H groups in total. The molecule has 2 aliphatic rings. The van der Waals surface area contributed by atoms with Crippen LogP contribution in [0.15, 0.2) is 17.2 Å². The molecule has 3 rings (SSSR count). The van der Waals surface area contributed by atoms with Crippen molar-refractivity contribution >= 4 is 35.1 Å². The minimum Gasteiger partial charge on any atom is -0.464 e. The Kier molecular flexibility index (Phi) is 4.37. The van der Waals surface area contributed by atoms with Crippen LogP contribution < -0.4 is 4.90 Å². The van der Waals surface area contributed by atoms with Crippen molar-refractivity contribution in [3.8, 4) is 0 Å². The van der Waals surface area contributed by atoms with E-state index in [2.05, 4.69) is 9.84 Å². The standard InChI is InChI=1S/C19H21N3O5/c1-10-6-11(2)16(12(3)7-10)21-15(24)9-19(18(21)26)8-14(17(25)27-5)20-22(19)13(4)23/h6-7H,8-9H2,1-5H3/t19-/m1/s1. The number of rotatable bonds is 2. The van der Waals surface area contributed by atoms with Crippen molar-refractivity contribution < 1.29 is 23.9 Å². The smallest absolute Gasteiger partial charge is 0.354 e. The van der Waals surface area contributed by atoms with Gasteiger partial charge < -0.3 is 4.74 Å². The van der Waals surface area contributed by atoms with Crippen molar-refractivity contribution in [3.05, 3.63) is 28.8 Å². The monoisotopic (exact) mass is 371 g/mol. The Morgan fingerprint density at radius 3 is 2.22 bits per heavy atom. The van der Waals surface area contributed by atoms with Crippen LogP contribution in [0.3, 0.4) is 0 Å². The van der Waals surface area contributed by atoms with Crippen LogP contribution in [0, 0.1) is 20.8 Å². The largest absolute Gasteiger partial charge is 0.464 e. The lowest BCUT2D eigenvalue weighted by Gasteiger charge is -2.29. The summed E-state index contributed by atoms with van der Waals surface area (Å²) in [6, 6.07) is 3.78. The molecule has 0 aromatic heterocycles. The Bertz CT molecular complexity index is 897. The van der Waals surface area contributed by atoms with E-state index in [0.29, 0.717) is 5.69 Å². The van der Waals surface area contributed by atoms with Gasteiger partial charge in [0.1, 0.15) is 5.71 Å². The number of imide groups is 1. The van der Waals surface area contributed by atoms with Gasteiger partial charge in [-0.2, -0.15) is 5.10 Å². The average Bonchev–Trinajstić information content (AvgIpc) is 3.07. The molecule has 142 valence electrons. The number of aryl methyl sites for hydroxylation is 3. The van der Waals surface area contributed by atoms with Gasteiger partial charge in [-0.3, -0.25) is 14.4 Å². The predicted molar refractivity (Wildman–Crippen MR) is 97.1 cm³/mol. The molecule has 1 spiro atoms. The van der Waals surface area contributed by atoms with Crippen LogP contribution in [0.1, 0.15) is 36.5 Å². The van der Waals surface area contributed by atoms with Gasteiger partial charge in [-0.15, -0.1) is 0 Å². The molecular formula is C19H21N3O5. The lowest BCUT2D eigenvalue weighted by molar-refractivity contribution is -0.141. The zero-order valence-corrected chi connectivity index (χ0v) is 16.0. The van der Waals surface area contributed by atoms with E-state index in [1.165, 1.54) is 14.0 Å². The van der Waals surface area contributed by atoms with Gasteiger partial charge in [0.15, 0.2) is 5.54 Å². The van der Waals surface area contributed by atoms with E-state index in [9.17, 15) is 19.2 Å². The number of hydrazone groups is 1. The van der Waals surface area contributed by atoms with Crippen LogP contribution in [-0.4, -0.2) is 47.1 Å². The number of carbonyl (C=O) groups excluding carboxylic acids is 4. The fourth-order valence-corrected chi connectivity index (χ4v) is 3.99. The Hall–Kier alpha value is -3.03. The lowest BCUT2D eigenvalue weighted by atomic mass is 9.91. The molecule has 3 amide bonds. The van der Waals surface area contributed by atoms with Crippen molar-refractivity contribution in [1.29, 1.82) is 0 Å². The number of hydrogen-bond acceptors (Lipinski definition) is 6. The quantitative estimate of drug-likeness (QED) is 0.578. The first-order chi connectivity index (χ1) is 12.6. The fourth-order valence-electron chi connectivity index (χ4n) is 3.99. The number of methoxy groups -OCH3 is 1. The van der Waals surface area contributed by atoms with E-state index >= 15 is 0 Å². The molecule has 1 fully saturated rings. The molecule has 0 radical (unpaired) electrons. The third-order valence-electron chi connectivity index (χ3n) is 4.96. The van der Waals surface area contributed by atoms with E-state index in [1.54, 1.807) is 0 Å². The molecule has 0 saturated carbocycles. The maximum Gasteiger partial charge on any atom is 0.354 e. The first-order valence-electron chi connectivity index (χ1n) is 8.54. The summed E-state index contributed by atoms with van der Waals surface area (Å²) in [5.74, 6) is -2.23. The highest BCUT2D eigenvalue weighted by atomic mass is 16.5. The predicted octanol–water partition coefficient (Wildman–Crippen LogP) is 1.40. The van der Waals surface area contributed by atoms with Gasteiger partial charge in [-0.25, -0.2) is 14.7 Å². The molecule has 2 aliphatic heterocycles. The number of esters is 1. The second-order valence-corrected chi connectivity index (χ2v) is 7.04. The summed E-state index contributed by atoms with van der Waals surface area (Å²) in [5, 5.41) is 4.95. The topological polar surface area (TPSA) is 96.3 Å². The molecule has 1 saturated heterocycles. The van der Waals surface area contributed by atoms with Crippen molar-refractivity contribution in [2.75, 3.05) is 12.0 Å².